The van der Waals surface area contributed by atoms with Gasteiger partial charge in [0.2, 0.25) is 0 Å². The van der Waals surface area contributed by atoms with Crippen molar-refractivity contribution >= 4 is 16.7 Å². The Labute approximate surface area is 185 Å². The number of aromatic nitrogens is 5. The van der Waals surface area contributed by atoms with Gasteiger partial charge in [0.25, 0.3) is 0 Å². The Morgan fingerprint density at radius 3 is 2.62 bits per heavy atom. The van der Waals surface area contributed by atoms with E-state index in [2.05, 4.69) is 88.2 Å². The van der Waals surface area contributed by atoms with Crippen LogP contribution in [0.2, 0.25) is 0 Å². The second-order valence-electron chi connectivity index (χ2n) is 8.06. The zero-order valence-electron chi connectivity index (χ0n) is 17.7. The summed E-state index contributed by atoms with van der Waals surface area (Å²) in [5.41, 5.74) is 9.26. The van der Waals surface area contributed by atoms with Crippen LogP contribution < -0.4 is 0 Å². The molecule has 0 atom stereocenters. The van der Waals surface area contributed by atoms with Gasteiger partial charge in [-0.05, 0) is 30.7 Å². The number of nitrogens with zero attached hydrogens (tertiary/aromatic N) is 5. The number of rotatable bonds is 4. The molecule has 0 unspecified atom stereocenters. The molecular formula is C27H21N5. The SMILES string of the molecule is Cc1cccc(-c2cn3ccnc3c(-c3ccc4ncn(Cc5ccccc5)c4c3)n2)c1. The van der Waals surface area contributed by atoms with Gasteiger partial charge in [-0.15, -0.1) is 0 Å². The summed E-state index contributed by atoms with van der Waals surface area (Å²) in [7, 11) is 0. The van der Waals surface area contributed by atoms with Crippen molar-refractivity contribution in [3.63, 3.8) is 0 Å². The second-order valence-corrected chi connectivity index (χ2v) is 8.06. The lowest BCUT2D eigenvalue weighted by Gasteiger charge is -2.10. The number of fused-ring (bicyclic) bond motifs is 2. The van der Waals surface area contributed by atoms with Gasteiger partial charge in [-0.25, -0.2) is 15.0 Å². The first-order valence-corrected chi connectivity index (χ1v) is 10.6. The van der Waals surface area contributed by atoms with Crippen LogP contribution in [-0.2, 0) is 6.54 Å². The lowest BCUT2D eigenvalue weighted by molar-refractivity contribution is 0.824. The molecule has 6 aromatic rings. The molecule has 154 valence electrons. The van der Waals surface area contributed by atoms with Crippen molar-refractivity contribution in [1.82, 2.24) is 23.9 Å². The molecule has 3 heterocycles. The van der Waals surface area contributed by atoms with Crippen LogP contribution in [0.4, 0.5) is 0 Å². The minimum absolute atomic E-state index is 0.774. The molecule has 0 aliphatic rings. The summed E-state index contributed by atoms with van der Waals surface area (Å²) in [5, 5.41) is 0. The van der Waals surface area contributed by atoms with Crippen LogP contribution in [-0.4, -0.2) is 23.9 Å². The first kappa shape index (κ1) is 18.5. The van der Waals surface area contributed by atoms with Gasteiger partial charge in [0.1, 0.15) is 5.69 Å². The van der Waals surface area contributed by atoms with Crippen LogP contribution >= 0.6 is 0 Å². The summed E-state index contributed by atoms with van der Waals surface area (Å²) >= 11 is 0. The highest BCUT2D eigenvalue weighted by molar-refractivity contribution is 5.85. The summed E-state index contributed by atoms with van der Waals surface area (Å²) in [4.78, 5) is 14.2. The normalized spacial score (nSPS) is 11.4. The van der Waals surface area contributed by atoms with Crippen LogP contribution in [0.1, 0.15) is 11.1 Å². The smallest absolute Gasteiger partial charge is 0.163 e. The highest BCUT2D eigenvalue weighted by Crippen LogP contribution is 2.29. The van der Waals surface area contributed by atoms with E-state index in [9.17, 15) is 0 Å². The third-order valence-corrected chi connectivity index (χ3v) is 5.78. The van der Waals surface area contributed by atoms with Gasteiger partial charge in [0, 0.05) is 36.3 Å². The maximum atomic E-state index is 5.05. The summed E-state index contributed by atoms with van der Waals surface area (Å²) < 4.78 is 4.23. The Morgan fingerprint density at radius 2 is 1.75 bits per heavy atom. The summed E-state index contributed by atoms with van der Waals surface area (Å²) in [6, 6.07) is 25.2. The number of hydrogen-bond acceptors (Lipinski definition) is 3. The molecule has 32 heavy (non-hydrogen) atoms. The standard InChI is InChI=1S/C27H21N5/c1-19-6-5-9-21(14-19)24-17-31-13-12-28-27(31)26(30-24)22-10-11-23-25(15-22)32(18-29-23)16-20-7-3-2-4-8-20/h2-15,17-18H,16H2,1H3. The summed E-state index contributed by atoms with van der Waals surface area (Å²) in [5.74, 6) is 0. The molecule has 0 bridgehead atoms. The monoisotopic (exact) mass is 415 g/mol. The maximum absolute atomic E-state index is 5.05. The average molecular weight is 416 g/mol. The van der Waals surface area contributed by atoms with E-state index >= 15 is 0 Å². The molecule has 5 heteroatoms. The first-order chi connectivity index (χ1) is 15.7. The molecule has 0 aliphatic heterocycles. The molecule has 0 saturated heterocycles. The van der Waals surface area contributed by atoms with Gasteiger partial charge >= 0.3 is 0 Å². The van der Waals surface area contributed by atoms with Crippen molar-refractivity contribution in [3.8, 4) is 22.5 Å². The van der Waals surface area contributed by atoms with Gasteiger partial charge in [0.15, 0.2) is 5.65 Å². The van der Waals surface area contributed by atoms with E-state index in [-0.39, 0.29) is 0 Å². The average Bonchev–Trinajstić information content (AvgIpc) is 3.46. The fourth-order valence-corrected chi connectivity index (χ4v) is 4.18. The summed E-state index contributed by atoms with van der Waals surface area (Å²) in [6.45, 7) is 2.87. The van der Waals surface area contributed by atoms with Gasteiger partial charge in [-0.2, -0.15) is 0 Å². The molecule has 3 aromatic heterocycles. The minimum Gasteiger partial charge on any atom is -0.326 e. The van der Waals surface area contributed by atoms with Crippen molar-refractivity contribution in [2.45, 2.75) is 13.5 Å². The minimum atomic E-state index is 0.774. The zero-order chi connectivity index (χ0) is 21.5. The number of imidazole rings is 2. The van der Waals surface area contributed by atoms with Crippen molar-refractivity contribution < 1.29 is 0 Å². The number of aryl methyl sites for hydroxylation is 1. The van der Waals surface area contributed by atoms with Crippen molar-refractivity contribution in [2.75, 3.05) is 0 Å². The van der Waals surface area contributed by atoms with Gasteiger partial charge in [0.05, 0.1) is 23.1 Å². The topological polar surface area (TPSA) is 48.0 Å². The van der Waals surface area contributed by atoms with Crippen molar-refractivity contribution in [3.05, 3.63) is 109 Å². The van der Waals surface area contributed by atoms with Crippen LogP contribution in [0.25, 0.3) is 39.2 Å². The van der Waals surface area contributed by atoms with Crippen LogP contribution in [0.5, 0.6) is 0 Å². The van der Waals surface area contributed by atoms with Crippen LogP contribution in [0, 0.1) is 6.92 Å². The Kier molecular flexibility index (Phi) is 4.32. The second kappa shape index (κ2) is 7.46. The molecule has 0 N–H and O–H groups in total. The number of benzene rings is 3. The predicted octanol–water partition coefficient (Wildman–Crippen LogP) is 5.77. The lowest BCUT2D eigenvalue weighted by atomic mass is 10.1. The molecule has 0 amide bonds. The van der Waals surface area contributed by atoms with E-state index in [4.69, 9.17) is 4.98 Å². The zero-order valence-corrected chi connectivity index (χ0v) is 17.7. The van der Waals surface area contributed by atoms with Gasteiger partial charge < -0.3 is 8.97 Å². The van der Waals surface area contributed by atoms with E-state index < -0.39 is 0 Å². The van der Waals surface area contributed by atoms with E-state index in [1.54, 1.807) is 0 Å². The fourth-order valence-electron chi connectivity index (χ4n) is 4.18. The van der Waals surface area contributed by atoms with E-state index in [0.29, 0.717) is 0 Å². The lowest BCUT2D eigenvalue weighted by Crippen LogP contribution is -1.99. The third-order valence-electron chi connectivity index (χ3n) is 5.78. The highest BCUT2D eigenvalue weighted by atomic mass is 15.0. The Hall–Kier alpha value is -4.25. The van der Waals surface area contributed by atoms with Gasteiger partial charge in [-0.1, -0.05) is 60.2 Å². The molecule has 0 fully saturated rings. The Balaban J connectivity index is 1.50. The first-order valence-electron chi connectivity index (χ1n) is 10.6. The van der Waals surface area contributed by atoms with Gasteiger partial charge in [-0.3, -0.25) is 0 Å². The predicted molar refractivity (Wildman–Crippen MR) is 127 cm³/mol. The van der Waals surface area contributed by atoms with Crippen molar-refractivity contribution in [1.29, 1.82) is 0 Å². The molecule has 0 spiro atoms. The molecule has 3 aromatic carbocycles. The quantitative estimate of drug-likeness (QED) is 0.367. The Morgan fingerprint density at radius 1 is 0.844 bits per heavy atom. The molecule has 5 nitrogen and oxygen atoms in total. The molecule has 6 rings (SSSR count). The van der Waals surface area contributed by atoms with E-state index in [1.807, 2.05) is 35.4 Å². The highest BCUT2D eigenvalue weighted by Gasteiger charge is 2.13. The number of hydrogen-bond donors (Lipinski definition) is 0. The largest absolute Gasteiger partial charge is 0.326 e. The van der Waals surface area contributed by atoms with E-state index in [1.165, 1.54) is 11.1 Å². The summed E-state index contributed by atoms with van der Waals surface area (Å²) in [6.07, 6.45) is 7.73. The van der Waals surface area contributed by atoms with Crippen molar-refractivity contribution in [2.24, 2.45) is 0 Å². The maximum Gasteiger partial charge on any atom is 0.163 e. The van der Waals surface area contributed by atoms with E-state index in [0.717, 1.165) is 45.7 Å². The molecular weight excluding hydrogens is 394 g/mol. The fraction of sp³-hybridized carbons (Fsp3) is 0.0741. The Bertz CT molecular complexity index is 1560. The molecule has 0 saturated carbocycles. The third kappa shape index (κ3) is 3.24. The van der Waals surface area contributed by atoms with Crippen LogP contribution in [0.15, 0.2) is 97.7 Å². The molecule has 0 radical (unpaired) electrons. The van der Waals surface area contributed by atoms with Crippen LogP contribution in [0.3, 0.4) is 0 Å². The molecule has 0 aliphatic carbocycles.